The van der Waals surface area contributed by atoms with Crippen LogP contribution in [0.4, 0.5) is 18.9 Å². The average molecular weight is 558 g/mol. The summed E-state index contributed by atoms with van der Waals surface area (Å²) in [6.45, 7) is 5.11. The van der Waals surface area contributed by atoms with Gasteiger partial charge in [-0.3, -0.25) is 14.4 Å². The number of carboxylic acid groups (broad SMARTS) is 1. The number of amides is 1. The summed E-state index contributed by atoms with van der Waals surface area (Å²) in [7, 11) is -3.63. The van der Waals surface area contributed by atoms with Crippen LogP contribution in [0.2, 0.25) is 0 Å². The van der Waals surface area contributed by atoms with E-state index in [1.54, 1.807) is 42.5 Å². The minimum Gasteiger partial charge on any atom is -0.475 e. The number of morpholine rings is 1. The van der Waals surface area contributed by atoms with Gasteiger partial charge in [0.05, 0.1) is 23.5 Å². The Morgan fingerprint density at radius 1 is 1.00 bits per heavy atom. The number of nitrogens with one attached hydrogen (secondary N) is 2. The van der Waals surface area contributed by atoms with Crippen LogP contribution in [0.25, 0.3) is 0 Å². The number of carbonyl (C=O) groups excluding carboxylic acids is 1. The predicted octanol–water partition coefficient (Wildman–Crippen LogP) is 2.99. The van der Waals surface area contributed by atoms with Gasteiger partial charge in [0.25, 0.3) is 10.0 Å². The van der Waals surface area contributed by atoms with Crippen LogP contribution >= 0.6 is 0 Å². The first-order valence-corrected chi connectivity index (χ1v) is 13.5. The molecule has 0 unspecified atom stereocenters. The minimum absolute atomic E-state index is 0.0621. The van der Waals surface area contributed by atoms with Crippen LogP contribution in [-0.4, -0.2) is 75.9 Å². The number of hydrogen-bond acceptors (Lipinski definition) is 6. The Morgan fingerprint density at radius 3 is 2.11 bits per heavy atom. The molecule has 13 heteroatoms. The third kappa shape index (κ3) is 8.17. The van der Waals surface area contributed by atoms with E-state index >= 15 is 0 Å². The van der Waals surface area contributed by atoms with Crippen molar-refractivity contribution in [1.29, 1.82) is 0 Å². The summed E-state index contributed by atoms with van der Waals surface area (Å²) in [4.78, 5) is 24.3. The molecule has 1 heterocycles. The highest BCUT2D eigenvalue weighted by Gasteiger charge is 2.51. The van der Waals surface area contributed by atoms with Gasteiger partial charge in [-0.15, -0.1) is 0 Å². The van der Waals surface area contributed by atoms with E-state index in [2.05, 4.69) is 14.9 Å². The van der Waals surface area contributed by atoms with Crippen LogP contribution in [0, 0.1) is 0 Å². The Hall–Kier alpha value is -3.16. The van der Waals surface area contributed by atoms with E-state index in [0.717, 1.165) is 57.7 Å². The van der Waals surface area contributed by atoms with Crippen molar-refractivity contribution < 1.29 is 41.0 Å². The van der Waals surface area contributed by atoms with Crippen molar-refractivity contribution in [3.05, 3.63) is 60.2 Å². The Balaban J connectivity index is 0.000000505. The number of aliphatic carboxylic acids is 1. The number of benzene rings is 2. The normalized spacial score (nSPS) is 17.0. The van der Waals surface area contributed by atoms with Crippen LogP contribution in [-0.2, 0) is 29.8 Å². The third-order valence-electron chi connectivity index (χ3n) is 6.21. The van der Waals surface area contributed by atoms with Crippen LogP contribution < -0.4 is 10.0 Å². The van der Waals surface area contributed by atoms with Crippen molar-refractivity contribution in [3.8, 4) is 0 Å². The Morgan fingerprint density at radius 2 is 1.58 bits per heavy atom. The van der Waals surface area contributed by atoms with Crippen molar-refractivity contribution in [2.75, 3.05) is 44.1 Å². The standard InChI is InChI=1S/C23H29N3O4S.C2HF3O2/c27-22(24-13-4-14-26-15-17-30-18-16-26)23(11-12-23)19-7-9-20(10-8-19)25-31(28,29)21-5-2-1-3-6-21;3-2(4,5)1(6)7/h1-3,5-10,25H,4,11-18H2,(H,24,27);(H,6,7). The number of halogens is 3. The molecule has 2 aliphatic rings. The van der Waals surface area contributed by atoms with E-state index in [1.807, 2.05) is 12.1 Å². The van der Waals surface area contributed by atoms with Gasteiger partial charge in [0.1, 0.15) is 0 Å². The molecule has 1 aliphatic heterocycles. The topological polar surface area (TPSA) is 125 Å². The highest BCUT2D eigenvalue weighted by Crippen LogP contribution is 2.48. The van der Waals surface area contributed by atoms with Crippen LogP contribution in [0.5, 0.6) is 0 Å². The van der Waals surface area contributed by atoms with E-state index < -0.39 is 27.6 Å². The molecule has 4 rings (SSSR count). The fourth-order valence-corrected chi connectivity index (χ4v) is 5.02. The number of hydrogen-bond donors (Lipinski definition) is 3. The molecule has 1 saturated heterocycles. The maximum absolute atomic E-state index is 12.8. The van der Waals surface area contributed by atoms with Gasteiger partial charge >= 0.3 is 12.1 Å². The van der Waals surface area contributed by atoms with Crippen LogP contribution in [0.1, 0.15) is 24.8 Å². The fraction of sp³-hybridized carbons (Fsp3) is 0.440. The van der Waals surface area contributed by atoms with Crippen LogP contribution in [0.3, 0.4) is 0 Å². The number of ether oxygens (including phenoxy) is 1. The van der Waals surface area contributed by atoms with Gasteiger partial charge < -0.3 is 15.2 Å². The van der Waals surface area contributed by atoms with Gasteiger partial charge in [-0.25, -0.2) is 13.2 Å². The molecule has 9 nitrogen and oxygen atoms in total. The number of anilines is 1. The molecular formula is C25H30F3N3O6S. The summed E-state index contributed by atoms with van der Waals surface area (Å²) >= 11 is 0. The van der Waals surface area contributed by atoms with Gasteiger partial charge in [0.2, 0.25) is 5.91 Å². The van der Waals surface area contributed by atoms with E-state index in [-0.39, 0.29) is 10.8 Å². The van der Waals surface area contributed by atoms with E-state index in [1.165, 1.54) is 0 Å². The molecule has 3 N–H and O–H groups in total. The molecule has 2 aromatic carbocycles. The highest BCUT2D eigenvalue weighted by molar-refractivity contribution is 7.92. The molecule has 0 atom stereocenters. The number of rotatable bonds is 9. The van der Waals surface area contributed by atoms with Gasteiger partial charge in [0.15, 0.2) is 0 Å². The minimum atomic E-state index is -5.08. The second-order valence-electron chi connectivity index (χ2n) is 8.94. The Labute approximate surface area is 219 Å². The summed E-state index contributed by atoms with van der Waals surface area (Å²) in [6, 6.07) is 15.4. The quantitative estimate of drug-likeness (QED) is 0.405. The van der Waals surface area contributed by atoms with Crippen LogP contribution in [0.15, 0.2) is 59.5 Å². The summed E-state index contributed by atoms with van der Waals surface area (Å²) < 4.78 is 64.6. The lowest BCUT2D eigenvalue weighted by atomic mass is 9.95. The zero-order chi connectivity index (χ0) is 27.8. The number of alkyl halides is 3. The molecular weight excluding hydrogens is 527 g/mol. The molecule has 0 spiro atoms. The highest BCUT2D eigenvalue weighted by atomic mass is 32.2. The summed E-state index contributed by atoms with van der Waals surface area (Å²) in [5, 5.41) is 10.2. The zero-order valence-corrected chi connectivity index (χ0v) is 21.4. The van der Waals surface area contributed by atoms with Crippen molar-refractivity contribution >= 4 is 27.6 Å². The molecule has 2 aromatic rings. The number of sulfonamides is 1. The van der Waals surface area contributed by atoms with Gasteiger partial charge in [0, 0.05) is 25.3 Å². The first kappa shape index (κ1) is 29.4. The van der Waals surface area contributed by atoms with Gasteiger partial charge in [-0.1, -0.05) is 30.3 Å². The molecule has 1 saturated carbocycles. The first-order chi connectivity index (χ1) is 17.9. The van der Waals surface area contributed by atoms with Gasteiger partial charge in [-0.2, -0.15) is 13.2 Å². The SMILES string of the molecule is O=C(NCCCN1CCOCC1)C1(c2ccc(NS(=O)(=O)c3ccccc3)cc2)CC1.O=C(O)C(F)(F)F. The predicted molar refractivity (Wildman–Crippen MR) is 133 cm³/mol. The second kappa shape index (κ2) is 12.6. The molecule has 2 fully saturated rings. The van der Waals surface area contributed by atoms with Gasteiger partial charge in [-0.05, 0) is 55.6 Å². The number of nitrogens with zero attached hydrogens (tertiary/aromatic N) is 1. The molecule has 0 aromatic heterocycles. The number of carbonyl (C=O) groups is 2. The first-order valence-electron chi connectivity index (χ1n) is 12.0. The fourth-order valence-electron chi connectivity index (χ4n) is 3.94. The summed E-state index contributed by atoms with van der Waals surface area (Å²) in [5.74, 6) is -2.69. The average Bonchev–Trinajstić information content (AvgIpc) is 3.70. The Bertz CT molecular complexity index is 1180. The van der Waals surface area contributed by atoms with Crippen molar-refractivity contribution in [1.82, 2.24) is 10.2 Å². The molecule has 1 amide bonds. The maximum Gasteiger partial charge on any atom is 0.490 e. The molecule has 38 heavy (non-hydrogen) atoms. The number of carboxylic acids is 1. The summed E-state index contributed by atoms with van der Waals surface area (Å²) in [5.41, 5.74) is 0.936. The third-order valence-corrected chi connectivity index (χ3v) is 7.61. The van der Waals surface area contributed by atoms with E-state index in [0.29, 0.717) is 12.2 Å². The molecule has 0 radical (unpaired) electrons. The lowest BCUT2D eigenvalue weighted by Gasteiger charge is -2.26. The second-order valence-corrected chi connectivity index (χ2v) is 10.6. The lowest BCUT2D eigenvalue weighted by Crippen LogP contribution is -2.39. The summed E-state index contributed by atoms with van der Waals surface area (Å²) in [6.07, 6.45) is -2.53. The maximum atomic E-state index is 12.8. The molecule has 208 valence electrons. The molecule has 0 bridgehead atoms. The van der Waals surface area contributed by atoms with Crippen molar-refractivity contribution in [2.45, 2.75) is 35.7 Å². The molecule has 1 aliphatic carbocycles. The lowest BCUT2D eigenvalue weighted by molar-refractivity contribution is -0.192. The monoisotopic (exact) mass is 557 g/mol. The Kier molecular flexibility index (Phi) is 9.74. The van der Waals surface area contributed by atoms with E-state index in [4.69, 9.17) is 14.6 Å². The van der Waals surface area contributed by atoms with Crippen molar-refractivity contribution in [3.63, 3.8) is 0 Å². The van der Waals surface area contributed by atoms with E-state index in [9.17, 15) is 26.4 Å². The zero-order valence-electron chi connectivity index (χ0n) is 20.5. The van der Waals surface area contributed by atoms with Crippen molar-refractivity contribution in [2.24, 2.45) is 0 Å². The largest absolute Gasteiger partial charge is 0.490 e. The smallest absolute Gasteiger partial charge is 0.475 e.